The van der Waals surface area contributed by atoms with Crippen LogP contribution in [0.3, 0.4) is 0 Å². The second kappa shape index (κ2) is 21.9. The lowest BCUT2D eigenvalue weighted by Crippen LogP contribution is -2.58. The highest BCUT2D eigenvalue weighted by Gasteiger charge is 2.39. The second-order valence-corrected chi connectivity index (χ2v) is 14.8. The number of fused-ring (bicyclic) bond motifs is 3. The number of allylic oxidation sites excluding steroid dienone is 1. The smallest absolute Gasteiger partial charge is 0.407 e. The molecule has 1 fully saturated rings. The first kappa shape index (κ1) is 45.3. The van der Waals surface area contributed by atoms with Crippen molar-refractivity contribution >= 4 is 41.7 Å². The van der Waals surface area contributed by atoms with Crippen molar-refractivity contribution in [2.45, 2.75) is 94.9 Å². The summed E-state index contributed by atoms with van der Waals surface area (Å²) in [5.74, 6) is -4.31. The van der Waals surface area contributed by atoms with Crippen LogP contribution >= 0.6 is 0 Å². The minimum atomic E-state index is -1.29. The number of amides is 5. The maximum atomic E-state index is 14.0. The number of rotatable bonds is 21. The number of alkyl carbamates (subject to hydrolysis) is 1. The van der Waals surface area contributed by atoms with Crippen LogP contribution < -0.4 is 32.3 Å². The van der Waals surface area contributed by atoms with E-state index in [1.165, 1.54) is 17.1 Å². The predicted molar refractivity (Wildman–Crippen MR) is 223 cm³/mol. The van der Waals surface area contributed by atoms with Crippen molar-refractivity contribution in [2.75, 3.05) is 19.7 Å². The highest BCUT2D eigenvalue weighted by Crippen LogP contribution is 2.44. The molecule has 1 aliphatic heterocycles. The molecule has 5 amide bonds. The van der Waals surface area contributed by atoms with E-state index < -0.39 is 65.9 Å². The fourth-order valence-electron chi connectivity index (χ4n) is 7.26. The van der Waals surface area contributed by atoms with Crippen molar-refractivity contribution in [1.82, 2.24) is 31.5 Å². The highest BCUT2D eigenvalue weighted by molar-refractivity contribution is 5.96. The van der Waals surface area contributed by atoms with Gasteiger partial charge in [-0.05, 0) is 81.0 Å². The van der Waals surface area contributed by atoms with Gasteiger partial charge < -0.3 is 47.1 Å². The van der Waals surface area contributed by atoms with Crippen LogP contribution in [0.5, 0.6) is 0 Å². The zero-order valence-electron chi connectivity index (χ0n) is 33.6. The number of guanidine groups is 1. The first-order chi connectivity index (χ1) is 28.2. The van der Waals surface area contributed by atoms with Gasteiger partial charge in [0.1, 0.15) is 36.8 Å². The number of carbonyl (C=O) groups is 6. The molecule has 0 aromatic heterocycles. The molecule has 4 rings (SSSR count). The SMILES string of the molecule is C=CC[C@H](NC(=O)[C@H](CCCNC(=N)N)NC(=O)[C@H](CC=C(C)C)NC(=O)C1CCCN1C(=O)[C@H](CC=C)NC(=O)OCC1c2ccccc2-c2ccccc21)C(=O)O. The third-order valence-corrected chi connectivity index (χ3v) is 10.2. The van der Waals surface area contributed by atoms with E-state index in [0.717, 1.165) is 27.8 Å². The number of hydrogen-bond acceptors (Lipinski definition) is 8. The maximum Gasteiger partial charge on any atom is 0.407 e. The number of carbonyl (C=O) groups excluding carboxylic acids is 5. The first-order valence-electron chi connectivity index (χ1n) is 19.7. The molecule has 1 heterocycles. The molecule has 0 radical (unpaired) electrons. The average Bonchev–Trinajstić information content (AvgIpc) is 3.82. The van der Waals surface area contributed by atoms with Crippen LogP contribution in [-0.4, -0.2) is 102 Å². The van der Waals surface area contributed by atoms with Gasteiger partial charge in [-0.1, -0.05) is 72.3 Å². The summed E-state index contributed by atoms with van der Waals surface area (Å²) in [5, 5.41) is 30.1. The first-order valence-corrected chi connectivity index (χ1v) is 19.7. The summed E-state index contributed by atoms with van der Waals surface area (Å²) in [6, 6.07) is 10.2. The number of carboxylic acids is 1. The molecule has 2 aromatic rings. The Hall–Kier alpha value is -6.45. The Morgan fingerprint density at radius 3 is 2.05 bits per heavy atom. The van der Waals surface area contributed by atoms with Crippen molar-refractivity contribution < 1.29 is 38.6 Å². The molecular formula is C43H56N8O8. The fourth-order valence-corrected chi connectivity index (χ4v) is 7.26. The van der Waals surface area contributed by atoms with Gasteiger partial charge in [-0.25, -0.2) is 9.59 Å². The van der Waals surface area contributed by atoms with Crippen molar-refractivity contribution in [2.24, 2.45) is 5.73 Å². The molecule has 2 aromatic carbocycles. The van der Waals surface area contributed by atoms with Crippen LogP contribution in [0.4, 0.5) is 4.79 Å². The molecule has 16 nitrogen and oxygen atoms in total. The van der Waals surface area contributed by atoms with Crippen molar-refractivity contribution in [3.63, 3.8) is 0 Å². The Bertz CT molecular complexity index is 1880. The van der Waals surface area contributed by atoms with Gasteiger partial charge in [-0.3, -0.25) is 24.6 Å². The van der Waals surface area contributed by atoms with Gasteiger partial charge in [-0.2, -0.15) is 0 Å². The fraction of sp³-hybridized carbons (Fsp3) is 0.419. The summed E-state index contributed by atoms with van der Waals surface area (Å²) in [5.41, 5.74) is 10.5. The number of benzene rings is 2. The maximum absolute atomic E-state index is 14.0. The number of ether oxygens (including phenoxy) is 1. The molecule has 1 aliphatic carbocycles. The van der Waals surface area contributed by atoms with E-state index in [4.69, 9.17) is 15.9 Å². The molecule has 0 saturated carbocycles. The summed E-state index contributed by atoms with van der Waals surface area (Å²) in [7, 11) is 0. The number of nitrogens with two attached hydrogens (primary N) is 1. The Balaban J connectivity index is 1.44. The van der Waals surface area contributed by atoms with Crippen LogP contribution in [0.25, 0.3) is 11.1 Å². The van der Waals surface area contributed by atoms with E-state index in [-0.39, 0.29) is 63.7 Å². The Morgan fingerprint density at radius 2 is 1.46 bits per heavy atom. The van der Waals surface area contributed by atoms with Gasteiger partial charge in [0.25, 0.3) is 0 Å². The third kappa shape index (κ3) is 12.5. The number of nitrogens with zero attached hydrogens (tertiary/aromatic N) is 1. The summed E-state index contributed by atoms with van der Waals surface area (Å²) >= 11 is 0. The summed E-state index contributed by atoms with van der Waals surface area (Å²) in [6.07, 6.45) is 4.98. The Morgan fingerprint density at radius 1 is 0.864 bits per heavy atom. The summed E-state index contributed by atoms with van der Waals surface area (Å²) < 4.78 is 5.70. The van der Waals surface area contributed by atoms with Crippen LogP contribution in [0.1, 0.15) is 75.8 Å². The van der Waals surface area contributed by atoms with Crippen LogP contribution in [0.2, 0.25) is 0 Å². The molecule has 0 spiro atoms. The molecule has 0 bridgehead atoms. The lowest BCUT2D eigenvalue weighted by molar-refractivity contribution is -0.142. The quantitative estimate of drug-likeness (QED) is 0.0396. The highest BCUT2D eigenvalue weighted by atomic mass is 16.5. The minimum Gasteiger partial charge on any atom is -0.480 e. The lowest BCUT2D eigenvalue weighted by atomic mass is 9.98. The van der Waals surface area contributed by atoms with Crippen molar-refractivity contribution in [3.05, 3.63) is 96.6 Å². The molecule has 9 N–H and O–H groups in total. The number of likely N-dealkylation sites (tertiary alicyclic amines) is 1. The molecule has 316 valence electrons. The Labute approximate surface area is 344 Å². The topological polar surface area (TPSA) is 245 Å². The van der Waals surface area contributed by atoms with Crippen LogP contribution in [-0.2, 0) is 28.7 Å². The van der Waals surface area contributed by atoms with Gasteiger partial charge in [0.15, 0.2) is 5.96 Å². The zero-order valence-corrected chi connectivity index (χ0v) is 33.6. The lowest BCUT2D eigenvalue weighted by Gasteiger charge is -2.30. The second-order valence-electron chi connectivity index (χ2n) is 14.8. The van der Waals surface area contributed by atoms with Gasteiger partial charge in [-0.15, -0.1) is 13.2 Å². The van der Waals surface area contributed by atoms with E-state index >= 15 is 0 Å². The van der Waals surface area contributed by atoms with Gasteiger partial charge in [0, 0.05) is 19.0 Å². The standard InChI is InChI=1S/C43H56N8O8/c1-5-13-34(50-43(58)59-25-31-29-17-9-7-15-27(29)28-16-8-10-18-30(28)31)40(55)51-24-12-20-36(51)39(54)48-33(22-21-26(3)4)38(53)47-32(19-11-23-46-42(44)45)37(52)49-35(14-6-2)41(56)57/h5-10,15-18,21,31-36H,1-2,11-14,19-20,22-25H2,3-4H3,(H,47,53)(H,48,54)(H,49,52)(H,50,58)(H,56,57)(H4,44,45,46)/t32-,33-,34-,35-,36?/m0/s1. The van der Waals surface area contributed by atoms with Gasteiger partial charge >= 0.3 is 12.1 Å². The molecule has 2 aliphatic rings. The molecule has 1 saturated heterocycles. The molecule has 5 atom stereocenters. The van der Waals surface area contributed by atoms with E-state index in [0.29, 0.717) is 12.8 Å². The molecule has 59 heavy (non-hydrogen) atoms. The average molecular weight is 813 g/mol. The summed E-state index contributed by atoms with van der Waals surface area (Å²) in [4.78, 5) is 81.5. The van der Waals surface area contributed by atoms with Gasteiger partial charge in [0.05, 0.1) is 0 Å². The third-order valence-electron chi connectivity index (χ3n) is 10.2. The van der Waals surface area contributed by atoms with E-state index in [1.807, 2.05) is 62.4 Å². The molecule has 1 unspecified atom stereocenters. The summed E-state index contributed by atoms with van der Waals surface area (Å²) in [6.45, 7) is 11.4. The molecular weight excluding hydrogens is 757 g/mol. The number of nitrogens with one attached hydrogen (secondary N) is 6. The zero-order chi connectivity index (χ0) is 43.1. The van der Waals surface area contributed by atoms with Crippen molar-refractivity contribution in [3.8, 4) is 11.1 Å². The predicted octanol–water partition coefficient (Wildman–Crippen LogP) is 3.20. The minimum absolute atomic E-state index is 0.0471. The monoisotopic (exact) mass is 812 g/mol. The van der Waals surface area contributed by atoms with Crippen molar-refractivity contribution in [1.29, 1.82) is 5.41 Å². The molecule has 16 heteroatoms. The van der Waals surface area contributed by atoms with E-state index in [2.05, 4.69) is 39.7 Å². The van der Waals surface area contributed by atoms with Crippen LogP contribution in [0, 0.1) is 5.41 Å². The number of aliphatic carboxylic acids is 1. The number of hydrogen-bond donors (Lipinski definition) is 8. The van der Waals surface area contributed by atoms with Gasteiger partial charge in [0.2, 0.25) is 23.6 Å². The van der Waals surface area contributed by atoms with Crippen LogP contribution in [0.15, 0.2) is 85.5 Å². The number of carboxylic acid groups (broad SMARTS) is 1. The largest absolute Gasteiger partial charge is 0.480 e. The Kier molecular flexibility index (Phi) is 16.8. The van der Waals surface area contributed by atoms with E-state index in [1.54, 1.807) is 6.08 Å². The normalized spacial score (nSPS) is 16.1. The van der Waals surface area contributed by atoms with E-state index in [9.17, 15) is 33.9 Å².